The van der Waals surface area contributed by atoms with Gasteiger partial charge in [0.05, 0.1) is 6.33 Å². The Kier molecular flexibility index (Phi) is 5.94. The van der Waals surface area contributed by atoms with Gasteiger partial charge in [-0.15, -0.1) is 0 Å². The van der Waals surface area contributed by atoms with E-state index in [1.807, 2.05) is 6.33 Å². The Hall–Kier alpha value is -2.67. The zero-order chi connectivity index (χ0) is 20.2. The van der Waals surface area contributed by atoms with E-state index < -0.39 is 0 Å². The van der Waals surface area contributed by atoms with Gasteiger partial charge >= 0.3 is 0 Å². The molecule has 0 saturated carbocycles. The lowest BCUT2D eigenvalue weighted by atomic mass is 10.0. The summed E-state index contributed by atoms with van der Waals surface area (Å²) in [5, 5.41) is 6.92. The van der Waals surface area contributed by atoms with Gasteiger partial charge in [-0.2, -0.15) is 9.97 Å². The maximum atomic E-state index is 4.72. The van der Waals surface area contributed by atoms with Crippen molar-refractivity contribution in [3.8, 4) is 0 Å². The van der Waals surface area contributed by atoms with Gasteiger partial charge in [-0.05, 0) is 39.2 Å². The van der Waals surface area contributed by atoms with Crippen LogP contribution < -0.4 is 10.6 Å². The third-order valence-corrected chi connectivity index (χ3v) is 5.49. The van der Waals surface area contributed by atoms with Crippen LogP contribution in [0, 0.1) is 0 Å². The molecule has 1 aromatic carbocycles. The van der Waals surface area contributed by atoms with Gasteiger partial charge in [-0.25, -0.2) is 4.98 Å². The largest absolute Gasteiger partial charge is 0.365 e. The summed E-state index contributed by atoms with van der Waals surface area (Å²) in [4.78, 5) is 16.6. The van der Waals surface area contributed by atoms with Crippen molar-refractivity contribution >= 4 is 22.9 Å². The van der Waals surface area contributed by atoms with Crippen molar-refractivity contribution in [2.24, 2.45) is 0 Å². The molecule has 1 aliphatic heterocycles. The fourth-order valence-corrected chi connectivity index (χ4v) is 3.90. The minimum atomic E-state index is 0.304. The summed E-state index contributed by atoms with van der Waals surface area (Å²) in [7, 11) is 0. The third kappa shape index (κ3) is 4.50. The first-order valence-corrected chi connectivity index (χ1v) is 10.6. The van der Waals surface area contributed by atoms with Crippen LogP contribution in [0.15, 0.2) is 36.7 Å². The lowest BCUT2D eigenvalue weighted by Gasteiger charge is -2.32. The Bertz CT molecular complexity index is 927. The van der Waals surface area contributed by atoms with Crippen LogP contribution in [-0.4, -0.2) is 50.1 Å². The standard InChI is InChI=1S/C22H31N7/c1-4-23-22-26-20(19-21(27-22)29(15-24-19)16(2)3)25-18-10-12-28(13-11-18)14-17-8-6-5-7-9-17/h5-9,15-16,18H,4,10-14H2,1-3H3,(H2,23,25,26,27). The molecule has 0 spiro atoms. The van der Waals surface area contributed by atoms with Crippen LogP contribution in [0.1, 0.15) is 45.2 Å². The quantitative estimate of drug-likeness (QED) is 0.634. The second-order valence-electron chi connectivity index (χ2n) is 8.02. The number of fused-ring (bicyclic) bond motifs is 1. The molecule has 154 valence electrons. The van der Waals surface area contributed by atoms with Gasteiger partial charge in [0.1, 0.15) is 0 Å². The molecule has 0 bridgehead atoms. The van der Waals surface area contributed by atoms with E-state index >= 15 is 0 Å². The van der Waals surface area contributed by atoms with Crippen molar-refractivity contribution in [3.63, 3.8) is 0 Å². The number of piperidine rings is 1. The normalized spacial score (nSPS) is 15.9. The summed E-state index contributed by atoms with van der Waals surface area (Å²) in [6.45, 7) is 10.3. The van der Waals surface area contributed by atoms with E-state index in [4.69, 9.17) is 4.98 Å². The van der Waals surface area contributed by atoms with E-state index in [-0.39, 0.29) is 0 Å². The first kappa shape index (κ1) is 19.6. The smallest absolute Gasteiger partial charge is 0.226 e. The molecule has 0 radical (unpaired) electrons. The topological polar surface area (TPSA) is 70.9 Å². The minimum Gasteiger partial charge on any atom is -0.365 e. The van der Waals surface area contributed by atoms with E-state index in [0.29, 0.717) is 18.0 Å². The number of nitrogens with zero attached hydrogens (tertiary/aromatic N) is 5. The highest BCUT2D eigenvalue weighted by Crippen LogP contribution is 2.25. The van der Waals surface area contributed by atoms with Crippen LogP contribution in [0.4, 0.5) is 11.8 Å². The Morgan fingerprint density at radius 2 is 1.86 bits per heavy atom. The number of hydrogen-bond donors (Lipinski definition) is 2. The summed E-state index contributed by atoms with van der Waals surface area (Å²) >= 11 is 0. The number of rotatable bonds is 7. The van der Waals surface area contributed by atoms with E-state index in [2.05, 4.69) is 81.2 Å². The Labute approximate surface area is 172 Å². The molecule has 29 heavy (non-hydrogen) atoms. The van der Waals surface area contributed by atoms with Crippen molar-refractivity contribution in [1.29, 1.82) is 0 Å². The summed E-state index contributed by atoms with van der Waals surface area (Å²) < 4.78 is 2.10. The molecule has 3 heterocycles. The first-order valence-electron chi connectivity index (χ1n) is 10.6. The Morgan fingerprint density at radius 3 is 2.55 bits per heavy atom. The summed E-state index contributed by atoms with van der Waals surface area (Å²) in [6.07, 6.45) is 4.06. The molecule has 0 atom stereocenters. The fourth-order valence-electron chi connectivity index (χ4n) is 3.90. The van der Waals surface area contributed by atoms with Gasteiger partial charge in [0, 0.05) is 38.3 Å². The molecule has 3 aromatic rings. The zero-order valence-corrected chi connectivity index (χ0v) is 17.6. The van der Waals surface area contributed by atoms with Crippen molar-refractivity contribution < 1.29 is 0 Å². The average Bonchev–Trinajstić information content (AvgIpc) is 3.15. The molecule has 0 aliphatic carbocycles. The van der Waals surface area contributed by atoms with Crippen molar-refractivity contribution in [1.82, 2.24) is 24.4 Å². The Balaban J connectivity index is 1.46. The number of hydrogen-bond acceptors (Lipinski definition) is 6. The zero-order valence-electron chi connectivity index (χ0n) is 17.6. The number of aromatic nitrogens is 4. The summed E-state index contributed by atoms with van der Waals surface area (Å²) in [6, 6.07) is 11.4. The van der Waals surface area contributed by atoms with Gasteiger partial charge < -0.3 is 15.2 Å². The van der Waals surface area contributed by atoms with Crippen LogP contribution in [-0.2, 0) is 6.54 Å². The predicted octanol–water partition coefficient (Wildman–Crippen LogP) is 3.92. The van der Waals surface area contributed by atoms with E-state index in [0.717, 1.165) is 56.0 Å². The molecule has 7 heteroatoms. The molecular weight excluding hydrogens is 362 g/mol. The fraction of sp³-hybridized carbons (Fsp3) is 0.500. The minimum absolute atomic E-state index is 0.304. The first-order chi connectivity index (χ1) is 14.1. The van der Waals surface area contributed by atoms with E-state index in [9.17, 15) is 0 Å². The number of likely N-dealkylation sites (tertiary alicyclic amines) is 1. The average molecular weight is 394 g/mol. The SMILES string of the molecule is CCNc1nc(NC2CCN(Cc3ccccc3)CC2)c2ncn(C(C)C)c2n1. The molecule has 1 saturated heterocycles. The number of anilines is 2. The Morgan fingerprint density at radius 1 is 1.10 bits per heavy atom. The van der Waals surface area contributed by atoms with E-state index in [1.54, 1.807) is 0 Å². The van der Waals surface area contributed by atoms with Crippen LogP contribution >= 0.6 is 0 Å². The highest BCUT2D eigenvalue weighted by atomic mass is 15.2. The summed E-state index contributed by atoms with van der Waals surface area (Å²) in [5.41, 5.74) is 3.12. The molecule has 1 aliphatic rings. The highest BCUT2D eigenvalue weighted by Gasteiger charge is 2.22. The molecule has 2 N–H and O–H groups in total. The van der Waals surface area contributed by atoms with Gasteiger partial charge in [-0.3, -0.25) is 4.90 Å². The van der Waals surface area contributed by atoms with E-state index in [1.165, 1.54) is 5.56 Å². The van der Waals surface area contributed by atoms with Crippen molar-refractivity contribution in [2.75, 3.05) is 30.3 Å². The van der Waals surface area contributed by atoms with Gasteiger partial charge in [0.15, 0.2) is 17.0 Å². The lowest BCUT2D eigenvalue weighted by Crippen LogP contribution is -2.38. The molecule has 7 nitrogen and oxygen atoms in total. The van der Waals surface area contributed by atoms with Crippen LogP contribution in [0.5, 0.6) is 0 Å². The van der Waals surface area contributed by atoms with Gasteiger partial charge in [0.25, 0.3) is 0 Å². The van der Waals surface area contributed by atoms with Crippen LogP contribution in [0.25, 0.3) is 11.2 Å². The van der Waals surface area contributed by atoms with Gasteiger partial charge in [0.2, 0.25) is 5.95 Å². The van der Waals surface area contributed by atoms with Crippen molar-refractivity contribution in [3.05, 3.63) is 42.2 Å². The summed E-state index contributed by atoms with van der Waals surface area (Å²) in [5.74, 6) is 1.50. The number of benzene rings is 1. The maximum Gasteiger partial charge on any atom is 0.226 e. The van der Waals surface area contributed by atoms with Crippen LogP contribution in [0.2, 0.25) is 0 Å². The predicted molar refractivity (Wildman–Crippen MR) is 118 cm³/mol. The molecule has 1 fully saturated rings. The molecule has 2 aromatic heterocycles. The number of imidazole rings is 1. The lowest BCUT2D eigenvalue weighted by molar-refractivity contribution is 0.211. The monoisotopic (exact) mass is 393 g/mol. The second-order valence-corrected chi connectivity index (χ2v) is 8.02. The third-order valence-electron chi connectivity index (χ3n) is 5.49. The molecule has 0 unspecified atom stereocenters. The highest BCUT2D eigenvalue weighted by molar-refractivity contribution is 5.84. The van der Waals surface area contributed by atoms with Crippen molar-refractivity contribution in [2.45, 2.75) is 52.2 Å². The molecule has 0 amide bonds. The van der Waals surface area contributed by atoms with Crippen LogP contribution in [0.3, 0.4) is 0 Å². The molecule has 4 rings (SSSR count). The number of nitrogens with one attached hydrogen (secondary N) is 2. The second kappa shape index (κ2) is 8.78. The maximum absolute atomic E-state index is 4.72. The van der Waals surface area contributed by atoms with Gasteiger partial charge in [-0.1, -0.05) is 30.3 Å². The molecular formula is C22H31N7.